The Hall–Kier alpha value is -2.99. The van der Waals surface area contributed by atoms with Gasteiger partial charge in [0.15, 0.2) is 10.8 Å². The number of hydrogen-bond acceptors (Lipinski definition) is 7. The van der Waals surface area contributed by atoms with Gasteiger partial charge in [-0.25, -0.2) is 9.37 Å². The molecule has 0 bridgehead atoms. The van der Waals surface area contributed by atoms with E-state index in [1.54, 1.807) is 21.0 Å². The Morgan fingerprint density at radius 1 is 1.26 bits per heavy atom. The fourth-order valence-corrected chi connectivity index (χ4v) is 4.69. The summed E-state index contributed by atoms with van der Waals surface area (Å²) in [5.74, 6) is -1.77. The number of likely N-dealkylation sites (tertiary alicyclic amines) is 1. The molecule has 35 heavy (non-hydrogen) atoms. The van der Waals surface area contributed by atoms with E-state index < -0.39 is 39.8 Å². The van der Waals surface area contributed by atoms with Gasteiger partial charge in [-0.3, -0.25) is 14.9 Å². The van der Waals surface area contributed by atoms with Gasteiger partial charge in [0.25, 0.3) is 5.91 Å². The van der Waals surface area contributed by atoms with Crippen molar-refractivity contribution in [3.63, 3.8) is 0 Å². The van der Waals surface area contributed by atoms with Crippen molar-refractivity contribution in [1.82, 2.24) is 15.2 Å². The van der Waals surface area contributed by atoms with E-state index in [9.17, 15) is 27.2 Å². The quantitative estimate of drug-likeness (QED) is 0.381. The number of rotatable bonds is 9. The smallest absolute Gasteiger partial charge is 0.383 e. The minimum absolute atomic E-state index is 0.104. The van der Waals surface area contributed by atoms with Gasteiger partial charge in [-0.15, -0.1) is 0 Å². The molecule has 12 heteroatoms. The molecule has 2 N–H and O–H groups in total. The van der Waals surface area contributed by atoms with Gasteiger partial charge in [-0.05, 0) is 51.0 Å². The summed E-state index contributed by atoms with van der Waals surface area (Å²) in [5, 5.41) is 5.02. The zero-order chi connectivity index (χ0) is 26.0. The number of benzene rings is 1. The Kier molecular flexibility index (Phi) is 7.85. The van der Waals surface area contributed by atoms with E-state index in [0.29, 0.717) is 23.8 Å². The number of nitrogens with zero attached hydrogens (tertiary/aromatic N) is 2. The summed E-state index contributed by atoms with van der Waals surface area (Å²) in [7, 11) is 1.60. The SMILES string of the molecule is C=C(NC(C)(C)C(=O)Nc1nc(C(F)(F)F)c(C(=O)c2ccc(F)cc2)s1)N1CCC[C@H]1COC. The second kappa shape index (κ2) is 10.3. The van der Waals surface area contributed by atoms with Crippen molar-refractivity contribution in [2.45, 2.75) is 44.4 Å². The van der Waals surface area contributed by atoms with E-state index >= 15 is 0 Å². The van der Waals surface area contributed by atoms with Gasteiger partial charge in [0.05, 0.1) is 18.5 Å². The van der Waals surface area contributed by atoms with Crippen molar-refractivity contribution in [2.24, 2.45) is 0 Å². The molecular weight excluding hydrogens is 488 g/mol. The lowest BCUT2D eigenvalue weighted by Crippen LogP contribution is -2.52. The highest BCUT2D eigenvalue weighted by atomic mass is 32.1. The van der Waals surface area contributed by atoms with Crippen LogP contribution in [0.5, 0.6) is 0 Å². The van der Waals surface area contributed by atoms with Crippen LogP contribution in [-0.2, 0) is 15.7 Å². The average molecular weight is 515 g/mol. The first kappa shape index (κ1) is 26.6. The monoisotopic (exact) mass is 514 g/mol. The molecule has 0 unspecified atom stereocenters. The lowest BCUT2D eigenvalue weighted by atomic mass is 10.0. The van der Waals surface area contributed by atoms with Crippen LogP contribution in [-0.4, -0.2) is 53.4 Å². The van der Waals surface area contributed by atoms with Crippen LogP contribution in [0, 0.1) is 5.82 Å². The molecule has 0 radical (unpaired) electrons. The fraction of sp³-hybridized carbons (Fsp3) is 0.435. The maximum atomic E-state index is 13.6. The third-order valence-electron chi connectivity index (χ3n) is 5.54. The molecule has 1 fully saturated rings. The molecule has 1 aliphatic rings. The molecule has 0 aliphatic carbocycles. The highest BCUT2D eigenvalue weighted by Crippen LogP contribution is 2.37. The van der Waals surface area contributed by atoms with Gasteiger partial charge in [-0.2, -0.15) is 13.2 Å². The minimum atomic E-state index is -4.93. The molecule has 1 aromatic carbocycles. The molecule has 0 saturated carbocycles. The molecule has 1 atom stereocenters. The number of hydrogen-bond donors (Lipinski definition) is 2. The van der Waals surface area contributed by atoms with Gasteiger partial charge < -0.3 is 15.0 Å². The standard InChI is InChI=1S/C23H26F4N4O3S/c1-13(31-11-5-6-16(31)12-34-4)30-22(2,3)20(33)29-21-28-19(23(25,26)27)18(35-21)17(32)14-7-9-15(24)10-8-14/h7-10,16,30H,1,5-6,11-12H2,2-4H3,(H,28,29,33)/t16-/m0/s1. The van der Waals surface area contributed by atoms with Crippen LogP contribution in [0.2, 0.25) is 0 Å². The number of methoxy groups -OCH3 is 1. The van der Waals surface area contributed by atoms with Crippen LogP contribution in [0.1, 0.15) is 47.6 Å². The number of ether oxygens (including phenoxy) is 1. The summed E-state index contributed by atoms with van der Waals surface area (Å²) in [6.07, 6.45) is -3.09. The molecule has 2 heterocycles. The van der Waals surface area contributed by atoms with E-state index in [0.717, 1.165) is 43.7 Å². The zero-order valence-corrected chi connectivity index (χ0v) is 20.3. The molecule has 1 aromatic heterocycles. The summed E-state index contributed by atoms with van der Waals surface area (Å²) >= 11 is 0.406. The zero-order valence-electron chi connectivity index (χ0n) is 19.5. The van der Waals surface area contributed by atoms with E-state index in [1.165, 1.54) is 0 Å². The third-order valence-corrected chi connectivity index (χ3v) is 6.51. The third kappa shape index (κ3) is 6.17. The fourth-order valence-electron chi connectivity index (χ4n) is 3.75. The Morgan fingerprint density at radius 3 is 2.51 bits per heavy atom. The largest absolute Gasteiger partial charge is 0.435 e. The van der Waals surface area contributed by atoms with E-state index in [2.05, 4.69) is 22.2 Å². The second-order valence-corrected chi connectivity index (χ2v) is 9.63. The predicted octanol–water partition coefficient (Wildman–Crippen LogP) is 4.42. The summed E-state index contributed by atoms with van der Waals surface area (Å²) in [6.45, 7) is 8.34. The molecule has 1 saturated heterocycles. The lowest BCUT2D eigenvalue weighted by Gasteiger charge is -2.34. The van der Waals surface area contributed by atoms with Gasteiger partial charge >= 0.3 is 6.18 Å². The number of thiazole rings is 1. The van der Waals surface area contributed by atoms with Gasteiger partial charge in [0, 0.05) is 19.2 Å². The van der Waals surface area contributed by atoms with Crippen molar-refractivity contribution in [1.29, 1.82) is 0 Å². The molecular formula is C23H26F4N4O3S. The molecule has 190 valence electrons. The number of anilines is 1. The second-order valence-electron chi connectivity index (χ2n) is 8.63. The number of halogens is 4. The first-order valence-corrected chi connectivity index (χ1v) is 11.6. The number of carbonyl (C=O) groups is 2. The van der Waals surface area contributed by atoms with Gasteiger partial charge in [0.2, 0.25) is 5.78 Å². The highest BCUT2D eigenvalue weighted by molar-refractivity contribution is 7.18. The Morgan fingerprint density at radius 2 is 1.91 bits per heavy atom. The maximum Gasteiger partial charge on any atom is 0.435 e. The number of ketones is 1. The number of alkyl halides is 3. The van der Waals surface area contributed by atoms with Crippen molar-refractivity contribution < 1.29 is 31.9 Å². The summed E-state index contributed by atoms with van der Waals surface area (Å²) < 4.78 is 59.2. The number of nitrogens with one attached hydrogen (secondary N) is 2. The maximum absolute atomic E-state index is 13.6. The summed E-state index contributed by atoms with van der Waals surface area (Å²) in [4.78, 5) is 30.4. The number of carbonyl (C=O) groups excluding carboxylic acids is 2. The molecule has 2 aromatic rings. The molecule has 1 aliphatic heterocycles. The first-order chi connectivity index (χ1) is 16.3. The first-order valence-electron chi connectivity index (χ1n) is 10.8. The van der Waals surface area contributed by atoms with Crippen LogP contribution >= 0.6 is 11.3 Å². The lowest BCUT2D eigenvalue weighted by molar-refractivity contribution is -0.141. The van der Waals surface area contributed by atoms with E-state index in [1.807, 2.05) is 4.90 Å². The Bertz CT molecular complexity index is 1100. The summed E-state index contributed by atoms with van der Waals surface area (Å²) in [6, 6.07) is 4.23. The van der Waals surface area contributed by atoms with Crippen LogP contribution in [0.25, 0.3) is 0 Å². The Balaban J connectivity index is 1.78. The number of amides is 1. The molecule has 3 rings (SSSR count). The van der Waals surface area contributed by atoms with E-state index in [4.69, 9.17) is 4.74 Å². The average Bonchev–Trinajstić information content (AvgIpc) is 3.41. The predicted molar refractivity (Wildman–Crippen MR) is 124 cm³/mol. The topological polar surface area (TPSA) is 83.6 Å². The highest BCUT2D eigenvalue weighted by Gasteiger charge is 2.41. The minimum Gasteiger partial charge on any atom is -0.383 e. The molecule has 0 spiro atoms. The van der Waals surface area contributed by atoms with Crippen molar-refractivity contribution in [2.75, 3.05) is 25.6 Å². The van der Waals surface area contributed by atoms with Crippen LogP contribution < -0.4 is 10.6 Å². The van der Waals surface area contributed by atoms with Crippen molar-refractivity contribution >= 4 is 28.2 Å². The van der Waals surface area contributed by atoms with Crippen LogP contribution in [0.3, 0.4) is 0 Å². The van der Waals surface area contributed by atoms with Crippen LogP contribution in [0.15, 0.2) is 36.7 Å². The normalized spacial score (nSPS) is 16.3. The molecule has 1 amide bonds. The van der Waals surface area contributed by atoms with Crippen molar-refractivity contribution in [3.05, 3.63) is 58.6 Å². The number of aromatic nitrogens is 1. The Labute approximate surface area is 204 Å². The van der Waals surface area contributed by atoms with E-state index in [-0.39, 0.29) is 16.7 Å². The molecule has 7 nitrogen and oxygen atoms in total. The van der Waals surface area contributed by atoms with Gasteiger partial charge in [0.1, 0.15) is 16.2 Å². The summed E-state index contributed by atoms with van der Waals surface area (Å²) in [5.41, 5.74) is -2.81. The van der Waals surface area contributed by atoms with Crippen LogP contribution in [0.4, 0.5) is 22.7 Å². The van der Waals surface area contributed by atoms with Crippen molar-refractivity contribution in [3.8, 4) is 0 Å². The van der Waals surface area contributed by atoms with Gasteiger partial charge in [-0.1, -0.05) is 17.9 Å².